The number of anilines is 1. The second kappa shape index (κ2) is 10.0. The normalized spacial score (nSPS) is 13.2. The van der Waals surface area contributed by atoms with Crippen LogP contribution in [0.3, 0.4) is 0 Å². The zero-order valence-corrected chi connectivity index (χ0v) is 17.0. The average molecular weight is 418 g/mol. The van der Waals surface area contributed by atoms with E-state index >= 15 is 0 Å². The van der Waals surface area contributed by atoms with E-state index in [-0.39, 0.29) is 24.0 Å². The Labute approximate surface area is 152 Å². The van der Waals surface area contributed by atoms with Gasteiger partial charge in [-0.05, 0) is 63.5 Å². The van der Waals surface area contributed by atoms with Gasteiger partial charge in [-0.25, -0.2) is 0 Å². The van der Waals surface area contributed by atoms with Gasteiger partial charge in [-0.2, -0.15) is 0 Å². The van der Waals surface area contributed by atoms with Crippen molar-refractivity contribution in [2.24, 2.45) is 16.6 Å². The largest absolute Gasteiger partial charge is 0.370 e. The first-order valence-corrected chi connectivity index (χ1v) is 7.59. The van der Waals surface area contributed by atoms with Crippen molar-refractivity contribution in [1.82, 2.24) is 4.90 Å². The summed E-state index contributed by atoms with van der Waals surface area (Å²) in [6.07, 6.45) is 1.12. The molecular formula is C17H31IN4. The van der Waals surface area contributed by atoms with Crippen LogP contribution in [0.5, 0.6) is 0 Å². The van der Waals surface area contributed by atoms with Crippen LogP contribution in [0, 0.1) is 19.8 Å². The second-order valence-electron chi connectivity index (χ2n) is 6.47. The molecule has 0 aromatic heterocycles. The summed E-state index contributed by atoms with van der Waals surface area (Å²) in [6, 6.07) is 6.72. The first kappa shape index (κ1) is 21.2. The standard InChI is InChI=1S/C17H30N4.HI/c1-12(2)7-16(21(5)6)11-19-17(18)20-15-9-13(3)8-14(4)10-15;/h8-10,12,16H,7,11H2,1-6H3,(H3,18,19,20);1H. The minimum Gasteiger partial charge on any atom is -0.370 e. The van der Waals surface area contributed by atoms with Gasteiger partial charge in [-0.1, -0.05) is 19.9 Å². The smallest absolute Gasteiger partial charge is 0.193 e. The third-order valence-corrected chi connectivity index (χ3v) is 3.44. The van der Waals surface area contributed by atoms with Gasteiger partial charge >= 0.3 is 0 Å². The zero-order chi connectivity index (χ0) is 16.0. The lowest BCUT2D eigenvalue weighted by Crippen LogP contribution is -2.34. The van der Waals surface area contributed by atoms with Crippen LogP contribution in [0.15, 0.2) is 23.2 Å². The quantitative estimate of drug-likeness (QED) is 0.422. The van der Waals surface area contributed by atoms with Gasteiger partial charge in [-0.15, -0.1) is 24.0 Å². The van der Waals surface area contributed by atoms with Gasteiger partial charge in [0.25, 0.3) is 0 Å². The predicted octanol–water partition coefficient (Wildman–Crippen LogP) is 3.62. The minimum absolute atomic E-state index is 0. The van der Waals surface area contributed by atoms with E-state index < -0.39 is 0 Å². The lowest BCUT2D eigenvalue weighted by molar-refractivity contribution is 0.261. The molecule has 0 saturated heterocycles. The van der Waals surface area contributed by atoms with Crippen molar-refractivity contribution in [2.45, 2.75) is 40.2 Å². The van der Waals surface area contributed by atoms with Gasteiger partial charge in [0, 0.05) is 11.7 Å². The molecule has 1 rings (SSSR count). The van der Waals surface area contributed by atoms with Crippen LogP contribution in [0.4, 0.5) is 5.69 Å². The molecule has 0 radical (unpaired) electrons. The highest BCUT2D eigenvalue weighted by Crippen LogP contribution is 2.13. The van der Waals surface area contributed by atoms with E-state index in [1.165, 1.54) is 11.1 Å². The molecule has 5 heteroatoms. The summed E-state index contributed by atoms with van der Waals surface area (Å²) in [6.45, 7) is 9.34. The predicted molar refractivity (Wildman–Crippen MR) is 108 cm³/mol. The van der Waals surface area contributed by atoms with Crippen LogP contribution in [0.2, 0.25) is 0 Å². The van der Waals surface area contributed by atoms with Crippen LogP contribution in [-0.2, 0) is 0 Å². The maximum Gasteiger partial charge on any atom is 0.193 e. The SMILES string of the molecule is Cc1cc(C)cc(NC(N)=NCC(CC(C)C)N(C)C)c1.I. The fourth-order valence-electron chi connectivity index (χ4n) is 2.43. The fraction of sp³-hybridized carbons (Fsp3) is 0.588. The van der Waals surface area contributed by atoms with Crippen LogP contribution >= 0.6 is 24.0 Å². The third kappa shape index (κ3) is 7.98. The second-order valence-corrected chi connectivity index (χ2v) is 6.47. The first-order chi connectivity index (χ1) is 9.77. The highest BCUT2D eigenvalue weighted by molar-refractivity contribution is 14.0. The molecule has 3 N–H and O–H groups in total. The maximum atomic E-state index is 6.01. The lowest BCUT2D eigenvalue weighted by Gasteiger charge is -2.24. The van der Waals surface area contributed by atoms with Crippen LogP contribution in [-0.4, -0.2) is 37.5 Å². The monoisotopic (exact) mass is 418 g/mol. The summed E-state index contributed by atoms with van der Waals surface area (Å²) in [4.78, 5) is 6.71. The van der Waals surface area contributed by atoms with Crippen molar-refractivity contribution in [1.29, 1.82) is 0 Å². The Morgan fingerprint density at radius 3 is 2.18 bits per heavy atom. The van der Waals surface area contributed by atoms with Crippen molar-refractivity contribution in [3.05, 3.63) is 29.3 Å². The Balaban J connectivity index is 0.00000441. The summed E-state index contributed by atoms with van der Waals surface area (Å²) >= 11 is 0. The maximum absolute atomic E-state index is 6.01. The summed E-state index contributed by atoms with van der Waals surface area (Å²) in [5.41, 5.74) is 9.44. The van der Waals surface area contributed by atoms with E-state index in [0.717, 1.165) is 18.7 Å². The molecule has 0 aliphatic carbocycles. The number of benzene rings is 1. The fourth-order valence-corrected chi connectivity index (χ4v) is 2.43. The molecule has 0 saturated carbocycles. The number of guanidine groups is 1. The van der Waals surface area contributed by atoms with Gasteiger partial charge in [0.2, 0.25) is 0 Å². The Morgan fingerprint density at radius 1 is 1.18 bits per heavy atom. The van der Waals surface area contributed by atoms with Crippen molar-refractivity contribution in [3.8, 4) is 0 Å². The Bertz CT molecular complexity index is 463. The zero-order valence-electron chi connectivity index (χ0n) is 14.7. The molecule has 1 atom stereocenters. The minimum atomic E-state index is 0. The van der Waals surface area contributed by atoms with Gasteiger partial charge < -0.3 is 16.0 Å². The summed E-state index contributed by atoms with van der Waals surface area (Å²) in [5, 5.41) is 3.18. The Hall–Kier alpha value is -0.820. The molecule has 0 amide bonds. The topological polar surface area (TPSA) is 53.6 Å². The number of rotatable bonds is 6. The molecule has 0 fully saturated rings. The van der Waals surface area contributed by atoms with Crippen LogP contribution in [0.1, 0.15) is 31.4 Å². The molecule has 0 heterocycles. The number of nitrogens with zero attached hydrogens (tertiary/aromatic N) is 2. The molecule has 22 heavy (non-hydrogen) atoms. The lowest BCUT2D eigenvalue weighted by atomic mass is 10.0. The van der Waals surface area contributed by atoms with E-state index in [2.05, 4.69) is 75.2 Å². The molecule has 0 aliphatic rings. The van der Waals surface area contributed by atoms with E-state index in [1.54, 1.807) is 0 Å². The third-order valence-electron chi connectivity index (χ3n) is 3.44. The number of likely N-dealkylation sites (N-methyl/N-ethyl adjacent to an activating group) is 1. The van der Waals surface area contributed by atoms with E-state index in [4.69, 9.17) is 5.73 Å². The Kier molecular flexibility index (Phi) is 9.67. The number of hydrogen-bond acceptors (Lipinski definition) is 2. The van der Waals surface area contributed by atoms with Gasteiger partial charge in [-0.3, -0.25) is 4.99 Å². The summed E-state index contributed by atoms with van der Waals surface area (Å²) in [5.74, 6) is 1.14. The van der Waals surface area contributed by atoms with Crippen LogP contribution in [0.25, 0.3) is 0 Å². The summed E-state index contributed by atoms with van der Waals surface area (Å²) in [7, 11) is 4.19. The molecule has 4 nitrogen and oxygen atoms in total. The Morgan fingerprint density at radius 2 is 1.73 bits per heavy atom. The number of nitrogens with one attached hydrogen (secondary N) is 1. The average Bonchev–Trinajstić information content (AvgIpc) is 2.32. The first-order valence-electron chi connectivity index (χ1n) is 7.59. The van der Waals surface area contributed by atoms with Crippen molar-refractivity contribution in [3.63, 3.8) is 0 Å². The van der Waals surface area contributed by atoms with Gasteiger partial charge in [0.1, 0.15) is 0 Å². The highest BCUT2D eigenvalue weighted by atomic mass is 127. The van der Waals surface area contributed by atoms with Crippen molar-refractivity contribution in [2.75, 3.05) is 26.0 Å². The number of halogens is 1. The van der Waals surface area contributed by atoms with Gasteiger partial charge in [0.15, 0.2) is 5.96 Å². The molecule has 126 valence electrons. The number of aliphatic imine (C=N–C) groups is 1. The summed E-state index contributed by atoms with van der Waals surface area (Å²) < 4.78 is 0. The van der Waals surface area contributed by atoms with E-state index in [9.17, 15) is 0 Å². The van der Waals surface area contributed by atoms with Crippen LogP contribution < -0.4 is 11.1 Å². The number of aryl methyl sites for hydroxylation is 2. The number of nitrogens with two attached hydrogens (primary N) is 1. The molecule has 0 bridgehead atoms. The highest BCUT2D eigenvalue weighted by Gasteiger charge is 2.12. The van der Waals surface area contributed by atoms with Crippen molar-refractivity contribution < 1.29 is 0 Å². The van der Waals surface area contributed by atoms with Crippen molar-refractivity contribution >= 4 is 35.6 Å². The van der Waals surface area contributed by atoms with Gasteiger partial charge in [0.05, 0.1) is 6.54 Å². The van der Waals surface area contributed by atoms with E-state index in [1.807, 2.05) is 0 Å². The molecule has 1 unspecified atom stereocenters. The number of hydrogen-bond donors (Lipinski definition) is 2. The molecule has 1 aromatic rings. The molecule has 0 aliphatic heterocycles. The molecular weight excluding hydrogens is 387 g/mol. The van der Waals surface area contributed by atoms with E-state index in [0.29, 0.717) is 17.9 Å². The molecule has 1 aromatic carbocycles. The molecule has 0 spiro atoms.